The van der Waals surface area contributed by atoms with Crippen molar-refractivity contribution in [2.24, 2.45) is 0 Å². The van der Waals surface area contributed by atoms with Gasteiger partial charge in [0, 0.05) is 6.42 Å². The van der Waals surface area contributed by atoms with Crippen LogP contribution in [-0.4, -0.2) is 46.4 Å². The van der Waals surface area contributed by atoms with E-state index in [2.05, 4.69) is 4.58 Å². The Hall–Kier alpha value is -0.0300. The molecule has 3 nitrogen and oxygen atoms in total. The third-order valence-electron chi connectivity index (χ3n) is 2.06. The first-order valence-corrected chi connectivity index (χ1v) is 4.79. The predicted molar refractivity (Wildman–Crippen MR) is 44.8 cm³/mol. The number of rotatable bonds is 0. The fourth-order valence-electron chi connectivity index (χ4n) is 1.49. The maximum Gasteiger partial charge on any atom is 0.320 e. The molecule has 68 valence electrons. The Bertz CT molecular complexity index is 242. The average molecular weight is 251 g/mol. The minimum Gasteiger partial charge on any atom is -1.00 e. The van der Waals surface area contributed by atoms with Crippen molar-refractivity contribution < 1.29 is 26.4 Å². The second-order valence-corrected chi connectivity index (χ2v) is 3.83. The maximum atomic E-state index is 11.2. The molecule has 0 aliphatic carbocycles. The second-order valence-electron chi connectivity index (χ2n) is 2.89. The van der Waals surface area contributed by atoms with Gasteiger partial charge in [0.2, 0.25) is 0 Å². The van der Waals surface area contributed by atoms with Gasteiger partial charge in [-0.25, -0.2) is 4.79 Å². The summed E-state index contributed by atoms with van der Waals surface area (Å²) < 4.78 is 2.17. The van der Waals surface area contributed by atoms with Crippen LogP contribution in [0.15, 0.2) is 0 Å². The van der Waals surface area contributed by atoms with Crippen molar-refractivity contribution in [3.05, 3.63) is 0 Å². The van der Waals surface area contributed by atoms with Gasteiger partial charge in [0.15, 0.2) is 0 Å². The molecule has 1 fully saturated rings. The number of amidine groups is 1. The molecule has 0 aromatic rings. The minimum atomic E-state index is 0. The van der Waals surface area contributed by atoms with Crippen LogP contribution in [0.25, 0.3) is 0 Å². The van der Waals surface area contributed by atoms with Crippen LogP contribution in [0.1, 0.15) is 6.42 Å². The highest BCUT2D eigenvalue weighted by Crippen LogP contribution is 2.21. The van der Waals surface area contributed by atoms with E-state index in [1.807, 2.05) is 11.9 Å². The number of halogens is 1. The molecule has 2 aliphatic rings. The van der Waals surface area contributed by atoms with E-state index in [0.717, 1.165) is 24.7 Å². The van der Waals surface area contributed by atoms with Crippen molar-refractivity contribution in [2.75, 3.05) is 25.9 Å². The molecule has 5 heteroatoms. The maximum absolute atomic E-state index is 11.2. The average Bonchev–Trinajstić information content (AvgIpc) is 2.35. The molecule has 0 radical (unpaired) electrons. The standard InChI is InChI=1S/C7H11N2OS.BrH/c1-8-3-2-4-9-6(10)5-11-7(8)9;/h2-5H2,1H3;1H/q+1;/p-1. The number of carbonyl (C=O) groups excluding carboxylic acids is 1. The van der Waals surface area contributed by atoms with Crippen LogP contribution in [0.2, 0.25) is 0 Å². The first kappa shape index (κ1) is 10.1. The lowest BCUT2D eigenvalue weighted by molar-refractivity contribution is -0.504. The Balaban J connectivity index is 0.000000720. The Labute approximate surface area is 86.6 Å². The summed E-state index contributed by atoms with van der Waals surface area (Å²) in [6.07, 6.45) is 1.10. The van der Waals surface area contributed by atoms with E-state index in [1.165, 1.54) is 0 Å². The molecule has 0 aromatic carbocycles. The van der Waals surface area contributed by atoms with Crippen LogP contribution in [0.3, 0.4) is 0 Å². The Morgan fingerprint density at radius 2 is 2.33 bits per heavy atom. The van der Waals surface area contributed by atoms with Crippen molar-refractivity contribution >= 4 is 22.8 Å². The van der Waals surface area contributed by atoms with E-state index in [0.29, 0.717) is 5.75 Å². The largest absolute Gasteiger partial charge is 1.00 e. The highest BCUT2D eigenvalue weighted by Gasteiger charge is 2.38. The molecule has 0 saturated carbocycles. The van der Waals surface area contributed by atoms with Crippen LogP contribution in [-0.2, 0) is 4.79 Å². The summed E-state index contributed by atoms with van der Waals surface area (Å²) in [4.78, 5) is 13.1. The zero-order valence-electron chi connectivity index (χ0n) is 6.92. The number of amides is 1. The van der Waals surface area contributed by atoms with E-state index in [1.54, 1.807) is 11.8 Å². The molecule has 0 atom stereocenters. The quantitative estimate of drug-likeness (QED) is 0.428. The lowest BCUT2D eigenvalue weighted by Crippen LogP contribution is -3.00. The van der Waals surface area contributed by atoms with Crippen molar-refractivity contribution in [1.82, 2.24) is 4.90 Å². The first-order valence-electron chi connectivity index (χ1n) is 3.80. The molecule has 1 saturated heterocycles. The molecule has 2 heterocycles. The number of fused-ring (bicyclic) bond motifs is 1. The van der Waals surface area contributed by atoms with Gasteiger partial charge < -0.3 is 17.0 Å². The Morgan fingerprint density at radius 1 is 1.58 bits per heavy atom. The summed E-state index contributed by atoms with van der Waals surface area (Å²) in [5, 5.41) is 1.15. The second kappa shape index (κ2) is 3.79. The van der Waals surface area contributed by atoms with Gasteiger partial charge in [-0.2, -0.15) is 4.90 Å². The third kappa shape index (κ3) is 1.52. The van der Waals surface area contributed by atoms with Gasteiger partial charge in [0.05, 0.1) is 20.1 Å². The number of thioether (sulfide) groups is 1. The van der Waals surface area contributed by atoms with Crippen LogP contribution >= 0.6 is 11.8 Å². The number of hydrogen-bond donors (Lipinski definition) is 0. The van der Waals surface area contributed by atoms with Gasteiger partial charge in [-0.3, -0.25) is 4.58 Å². The van der Waals surface area contributed by atoms with Crippen molar-refractivity contribution in [1.29, 1.82) is 0 Å². The number of carbonyl (C=O) groups is 1. The summed E-state index contributed by atoms with van der Waals surface area (Å²) in [5.41, 5.74) is 0. The van der Waals surface area contributed by atoms with Crippen LogP contribution in [0.5, 0.6) is 0 Å². The molecule has 1 amide bonds. The summed E-state index contributed by atoms with van der Waals surface area (Å²) in [6, 6.07) is 0. The van der Waals surface area contributed by atoms with Crippen molar-refractivity contribution in [3.63, 3.8) is 0 Å². The number of nitrogens with zero attached hydrogens (tertiary/aromatic N) is 2. The molecule has 0 aromatic heterocycles. The van der Waals surface area contributed by atoms with Gasteiger partial charge >= 0.3 is 11.1 Å². The monoisotopic (exact) mass is 250 g/mol. The lowest BCUT2D eigenvalue weighted by Gasteiger charge is -2.16. The van der Waals surface area contributed by atoms with E-state index in [4.69, 9.17) is 0 Å². The smallest absolute Gasteiger partial charge is 0.320 e. The zero-order chi connectivity index (χ0) is 7.84. The molecular weight excluding hydrogens is 240 g/mol. The molecule has 0 N–H and O–H groups in total. The Morgan fingerprint density at radius 3 is 3.00 bits per heavy atom. The summed E-state index contributed by atoms with van der Waals surface area (Å²) in [7, 11) is 2.05. The van der Waals surface area contributed by atoms with Gasteiger partial charge in [0.1, 0.15) is 5.75 Å². The Kier molecular flexibility index (Phi) is 3.17. The fraction of sp³-hybridized carbons (Fsp3) is 0.714. The highest BCUT2D eigenvalue weighted by atomic mass is 79.9. The first-order chi connectivity index (χ1) is 5.29. The SMILES string of the molecule is C[N+]1=C2SCC(=O)N2CCC1.[Br-]. The minimum absolute atomic E-state index is 0. The molecule has 0 spiro atoms. The van der Waals surface area contributed by atoms with Gasteiger partial charge in [-0.15, -0.1) is 0 Å². The van der Waals surface area contributed by atoms with Crippen LogP contribution in [0, 0.1) is 0 Å². The predicted octanol–water partition coefficient (Wildman–Crippen LogP) is -3.03. The molecule has 2 rings (SSSR count). The van der Waals surface area contributed by atoms with Gasteiger partial charge in [-0.1, -0.05) is 0 Å². The highest BCUT2D eigenvalue weighted by molar-refractivity contribution is 8.14. The third-order valence-corrected chi connectivity index (χ3v) is 3.24. The van der Waals surface area contributed by atoms with Crippen LogP contribution in [0.4, 0.5) is 0 Å². The van der Waals surface area contributed by atoms with Gasteiger partial charge in [0.25, 0.3) is 0 Å². The molecular formula is C7H11BrN2OS. The molecule has 12 heavy (non-hydrogen) atoms. The molecule has 0 unspecified atom stereocenters. The van der Waals surface area contributed by atoms with E-state index < -0.39 is 0 Å². The van der Waals surface area contributed by atoms with Crippen LogP contribution < -0.4 is 17.0 Å². The summed E-state index contributed by atoms with van der Waals surface area (Å²) in [6.45, 7) is 2.01. The summed E-state index contributed by atoms with van der Waals surface area (Å²) in [5.74, 6) is 0.913. The van der Waals surface area contributed by atoms with E-state index in [-0.39, 0.29) is 22.9 Å². The van der Waals surface area contributed by atoms with Gasteiger partial charge in [-0.05, 0) is 11.8 Å². The topological polar surface area (TPSA) is 23.3 Å². The molecule has 2 aliphatic heterocycles. The summed E-state index contributed by atoms with van der Waals surface area (Å²) >= 11 is 1.66. The normalized spacial score (nSPS) is 22.4. The number of hydrogen-bond acceptors (Lipinski definition) is 2. The lowest BCUT2D eigenvalue weighted by atomic mass is 10.3. The van der Waals surface area contributed by atoms with E-state index in [9.17, 15) is 4.79 Å². The fourth-order valence-corrected chi connectivity index (χ4v) is 2.56. The zero-order valence-corrected chi connectivity index (χ0v) is 9.32. The molecule has 0 bridgehead atoms. The van der Waals surface area contributed by atoms with E-state index >= 15 is 0 Å². The van der Waals surface area contributed by atoms with Crippen molar-refractivity contribution in [2.45, 2.75) is 6.42 Å². The van der Waals surface area contributed by atoms with Crippen molar-refractivity contribution in [3.8, 4) is 0 Å².